The van der Waals surface area contributed by atoms with Crippen LogP contribution in [0.2, 0.25) is 0 Å². The highest BCUT2D eigenvalue weighted by Crippen LogP contribution is 2.33. The van der Waals surface area contributed by atoms with E-state index in [4.69, 9.17) is 4.74 Å². The second-order valence-corrected chi connectivity index (χ2v) is 5.88. The highest BCUT2D eigenvalue weighted by Gasteiger charge is 2.30. The van der Waals surface area contributed by atoms with E-state index >= 15 is 0 Å². The minimum Gasteiger partial charge on any atom is -0.457 e. The summed E-state index contributed by atoms with van der Waals surface area (Å²) in [7, 11) is 0. The molecule has 0 bridgehead atoms. The van der Waals surface area contributed by atoms with Gasteiger partial charge in [-0.05, 0) is 54.0 Å². The van der Waals surface area contributed by atoms with Crippen molar-refractivity contribution < 1.29 is 27.1 Å². The van der Waals surface area contributed by atoms with Gasteiger partial charge in [-0.3, -0.25) is 4.79 Å². The topological polar surface area (TPSA) is 29.5 Å². The maximum absolute atomic E-state index is 14.3. The molecule has 7 heteroatoms. The van der Waals surface area contributed by atoms with E-state index in [2.05, 4.69) is 6.58 Å². The van der Waals surface area contributed by atoms with Crippen LogP contribution in [0.5, 0.6) is 11.5 Å². The number of rotatable bonds is 3. The maximum Gasteiger partial charge on any atom is 0.416 e. The predicted octanol–water partition coefficient (Wildman–Crippen LogP) is 4.71. The van der Waals surface area contributed by atoms with E-state index in [1.54, 1.807) is 6.07 Å². The van der Waals surface area contributed by atoms with E-state index in [0.717, 1.165) is 12.1 Å². The number of alkyl halides is 3. The molecular formula is C19H15F4NO2. The van der Waals surface area contributed by atoms with Gasteiger partial charge in [-0.15, -0.1) is 0 Å². The van der Waals surface area contributed by atoms with Crippen molar-refractivity contribution in [3.8, 4) is 11.5 Å². The highest BCUT2D eigenvalue weighted by atomic mass is 19.4. The lowest BCUT2D eigenvalue weighted by molar-refractivity contribution is -0.137. The van der Waals surface area contributed by atoms with Gasteiger partial charge in [0.1, 0.15) is 17.3 Å². The van der Waals surface area contributed by atoms with Gasteiger partial charge in [-0.25, -0.2) is 4.39 Å². The van der Waals surface area contributed by atoms with Gasteiger partial charge in [0.2, 0.25) is 5.91 Å². The zero-order chi connectivity index (χ0) is 18.9. The molecule has 2 aromatic carbocycles. The number of carbonyl (C=O) groups is 1. The molecule has 0 aromatic heterocycles. The van der Waals surface area contributed by atoms with Crippen LogP contribution >= 0.6 is 0 Å². The summed E-state index contributed by atoms with van der Waals surface area (Å²) in [5.41, 5.74) is 0.325. The van der Waals surface area contributed by atoms with E-state index in [-0.39, 0.29) is 24.0 Å². The van der Waals surface area contributed by atoms with E-state index in [0.29, 0.717) is 24.1 Å². The quantitative estimate of drug-likeness (QED) is 0.583. The van der Waals surface area contributed by atoms with Gasteiger partial charge in [0, 0.05) is 19.2 Å². The average Bonchev–Trinajstić information content (AvgIpc) is 2.60. The smallest absolute Gasteiger partial charge is 0.416 e. The lowest BCUT2D eigenvalue weighted by Crippen LogP contribution is -2.35. The van der Waals surface area contributed by atoms with Crippen LogP contribution in [0.4, 0.5) is 17.6 Å². The molecule has 0 saturated carbocycles. The molecule has 0 fully saturated rings. The lowest BCUT2D eigenvalue weighted by Gasteiger charge is -2.28. The Kier molecular flexibility index (Phi) is 4.71. The molecule has 1 aliphatic heterocycles. The molecule has 1 amide bonds. The van der Waals surface area contributed by atoms with Crippen LogP contribution < -0.4 is 4.74 Å². The Morgan fingerprint density at radius 3 is 2.46 bits per heavy atom. The number of ether oxygens (including phenoxy) is 1. The molecule has 0 N–H and O–H groups in total. The first-order valence-electron chi connectivity index (χ1n) is 7.85. The van der Waals surface area contributed by atoms with Crippen molar-refractivity contribution >= 4 is 5.91 Å². The first kappa shape index (κ1) is 18.0. The Balaban J connectivity index is 1.83. The van der Waals surface area contributed by atoms with Gasteiger partial charge in [-0.2, -0.15) is 13.2 Å². The van der Waals surface area contributed by atoms with Crippen molar-refractivity contribution in [1.29, 1.82) is 0 Å². The molecule has 0 radical (unpaired) electrons. The predicted molar refractivity (Wildman–Crippen MR) is 87.2 cm³/mol. The van der Waals surface area contributed by atoms with Gasteiger partial charge in [-0.1, -0.05) is 6.58 Å². The van der Waals surface area contributed by atoms with Gasteiger partial charge in [0.05, 0.1) is 5.56 Å². The average molecular weight is 365 g/mol. The fraction of sp³-hybridized carbons (Fsp3) is 0.211. The van der Waals surface area contributed by atoms with Crippen molar-refractivity contribution in [1.82, 2.24) is 4.90 Å². The van der Waals surface area contributed by atoms with Gasteiger partial charge in [0.15, 0.2) is 0 Å². The summed E-state index contributed by atoms with van der Waals surface area (Å²) in [6.07, 6.45) is -2.86. The molecule has 0 unspecified atom stereocenters. The second-order valence-electron chi connectivity index (χ2n) is 5.88. The van der Waals surface area contributed by atoms with Crippen LogP contribution in [-0.4, -0.2) is 17.4 Å². The zero-order valence-electron chi connectivity index (χ0n) is 13.6. The number of carbonyl (C=O) groups excluding carboxylic acids is 1. The number of hydrogen-bond donors (Lipinski definition) is 0. The summed E-state index contributed by atoms with van der Waals surface area (Å²) in [5.74, 6) is -0.388. The number of fused-ring (bicyclic) bond motifs is 1. The van der Waals surface area contributed by atoms with Crippen LogP contribution in [0.15, 0.2) is 49.1 Å². The summed E-state index contributed by atoms with van der Waals surface area (Å²) in [4.78, 5) is 13.3. The zero-order valence-corrected chi connectivity index (χ0v) is 13.6. The number of benzene rings is 2. The summed E-state index contributed by atoms with van der Waals surface area (Å²) in [5, 5.41) is 0. The molecule has 0 spiro atoms. The number of halogens is 4. The third-order valence-corrected chi connectivity index (χ3v) is 4.16. The Morgan fingerprint density at radius 2 is 1.85 bits per heavy atom. The van der Waals surface area contributed by atoms with Crippen LogP contribution in [0.25, 0.3) is 0 Å². The van der Waals surface area contributed by atoms with E-state index in [1.165, 1.54) is 29.2 Å². The number of nitrogens with zero attached hydrogens (tertiary/aromatic N) is 1. The van der Waals surface area contributed by atoms with E-state index in [1.807, 2.05) is 0 Å². The lowest BCUT2D eigenvalue weighted by atomic mass is 9.98. The SMILES string of the molecule is C=CC(=O)N1CCc2c(F)cc(Oc3ccc(C(F)(F)F)cc3)cc2C1. The van der Waals surface area contributed by atoms with Crippen molar-refractivity contribution in [3.63, 3.8) is 0 Å². The third-order valence-electron chi connectivity index (χ3n) is 4.16. The Morgan fingerprint density at radius 1 is 1.15 bits per heavy atom. The molecule has 1 aliphatic rings. The van der Waals surface area contributed by atoms with Crippen molar-refractivity contribution in [3.05, 3.63) is 71.6 Å². The standard InChI is InChI=1S/C19H15F4NO2/c1-2-18(25)24-8-7-16-12(11-24)9-15(10-17(16)20)26-14-5-3-13(4-6-14)19(21,22)23/h2-6,9-10H,1,7-8,11H2. The molecule has 0 aliphatic carbocycles. The van der Waals surface area contributed by atoms with Gasteiger partial charge < -0.3 is 9.64 Å². The first-order valence-corrected chi connectivity index (χ1v) is 7.85. The van der Waals surface area contributed by atoms with Crippen LogP contribution in [0.1, 0.15) is 16.7 Å². The molecule has 3 nitrogen and oxygen atoms in total. The van der Waals surface area contributed by atoms with Gasteiger partial charge >= 0.3 is 6.18 Å². The Labute approximate surface area is 147 Å². The van der Waals surface area contributed by atoms with E-state index < -0.39 is 17.6 Å². The molecule has 0 saturated heterocycles. The first-order chi connectivity index (χ1) is 12.3. The second kappa shape index (κ2) is 6.82. The minimum absolute atomic E-state index is 0.159. The maximum atomic E-state index is 14.3. The molecule has 26 heavy (non-hydrogen) atoms. The molecule has 1 heterocycles. The normalized spacial score (nSPS) is 13.9. The van der Waals surface area contributed by atoms with Crippen LogP contribution in [0, 0.1) is 5.82 Å². The summed E-state index contributed by atoms with van der Waals surface area (Å²) in [6.45, 7) is 4.06. The molecule has 2 aromatic rings. The Bertz CT molecular complexity index is 844. The molecular weight excluding hydrogens is 350 g/mol. The molecule has 136 valence electrons. The third kappa shape index (κ3) is 3.71. The minimum atomic E-state index is -4.43. The summed E-state index contributed by atoms with van der Waals surface area (Å²) < 4.78 is 57.6. The monoisotopic (exact) mass is 365 g/mol. The highest BCUT2D eigenvalue weighted by molar-refractivity contribution is 5.87. The summed E-state index contributed by atoms with van der Waals surface area (Å²) in [6, 6.07) is 6.94. The molecule has 3 rings (SSSR count). The fourth-order valence-electron chi connectivity index (χ4n) is 2.84. The number of amides is 1. The van der Waals surface area contributed by atoms with Crippen LogP contribution in [0.3, 0.4) is 0 Å². The van der Waals surface area contributed by atoms with Gasteiger partial charge in [0.25, 0.3) is 0 Å². The van der Waals surface area contributed by atoms with Crippen molar-refractivity contribution in [2.45, 2.75) is 19.1 Å². The Hall–Kier alpha value is -2.83. The van der Waals surface area contributed by atoms with Crippen LogP contribution in [-0.2, 0) is 23.9 Å². The number of hydrogen-bond acceptors (Lipinski definition) is 2. The van der Waals surface area contributed by atoms with E-state index in [9.17, 15) is 22.4 Å². The summed E-state index contributed by atoms with van der Waals surface area (Å²) >= 11 is 0. The van der Waals surface area contributed by atoms with Crippen molar-refractivity contribution in [2.75, 3.05) is 6.54 Å². The largest absolute Gasteiger partial charge is 0.457 e. The van der Waals surface area contributed by atoms with Crippen molar-refractivity contribution in [2.24, 2.45) is 0 Å². The molecule has 0 atom stereocenters. The fourth-order valence-corrected chi connectivity index (χ4v) is 2.84.